The second-order valence-electron chi connectivity index (χ2n) is 6.95. The summed E-state index contributed by atoms with van der Waals surface area (Å²) in [7, 11) is 0.115. The fourth-order valence-corrected chi connectivity index (χ4v) is 4.61. The van der Waals surface area contributed by atoms with Gasteiger partial charge < -0.3 is 9.80 Å². The molecule has 152 valence electrons. The second kappa shape index (κ2) is 7.96. The predicted octanol–water partition coefficient (Wildman–Crippen LogP) is 1.78. The molecule has 1 fully saturated rings. The van der Waals surface area contributed by atoms with Gasteiger partial charge in [0.05, 0.1) is 5.75 Å². The van der Waals surface area contributed by atoms with Gasteiger partial charge in [-0.25, -0.2) is 27.2 Å². The van der Waals surface area contributed by atoms with Crippen molar-refractivity contribution in [3.63, 3.8) is 0 Å². The van der Waals surface area contributed by atoms with Gasteiger partial charge in [-0.3, -0.25) is 0 Å². The smallest absolute Gasteiger partial charge is 0.218 e. The number of nitrogens with zero attached hydrogens (tertiary/aromatic N) is 5. The van der Waals surface area contributed by atoms with E-state index in [9.17, 15) is 17.2 Å². The van der Waals surface area contributed by atoms with E-state index in [1.54, 1.807) is 0 Å². The minimum absolute atomic E-state index is 0.0991. The largest absolute Gasteiger partial charge is 0.363 e. The minimum atomic E-state index is -3.67. The first kappa shape index (κ1) is 20.4. The Morgan fingerprint density at radius 3 is 2.18 bits per heavy atom. The summed E-state index contributed by atoms with van der Waals surface area (Å²) in [5.41, 5.74) is 0.0991. The summed E-state index contributed by atoms with van der Waals surface area (Å²) in [6.07, 6.45) is 0. The van der Waals surface area contributed by atoms with Crippen molar-refractivity contribution in [3.05, 3.63) is 47.3 Å². The fraction of sp³-hybridized carbons (Fsp3) is 0.444. The maximum Gasteiger partial charge on any atom is 0.218 e. The van der Waals surface area contributed by atoms with Crippen LogP contribution < -0.4 is 9.80 Å². The Morgan fingerprint density at radius 2 is 1.61 bits per heavy atom. The highest BCUT2D eigenvalue weighted by Crippen LogP contribution is 2.21. The lowest BCUT2D eigenvalue weighted by Gasteiger charge is -2.35. The molecule has 1 aromatic heterocycles. The van der Waals surface area contributed by atoms with Crippen LogP contribution in [0.15, 0.2) is 24.3 Å². The molecule has 0 amide bonds. The first-order valence-corrected chi connectivity index (χ1v) is 10.5. The van der Waals surface area contributed by atoms with Crippen molar-refractivity contribution >= 4 is 21.7 Å². The van der Waals surface area contributed by atoms with Crippen molar-refractivity contribution in [1.29, 1.82) is 0 Å². The molecule has 0 atom stereocenters. The molecule has 1 saturated heterocycles. The third-order valence-electron chi connectivity index (χ3n) is 4.50. The zero-order chi connectivity index (χ0) is 20.5. The third-order valence-corrected chi connectivity index (χ3v) is 6.35. The molecule has 2 heterocycles. The molecule has 0 spiro atoms. The maximum atomic E-state index is 13.3. The Kier molecular flexibility index (Phi) is 5.80. The van der Waals surface area contributed by atoms with E-state index < -0.39 is 27.4 Å². The standard InChI is InChI=1S/C18H23F2N5O2S/c1-13-21-17(23(2)3)11-18(22-13)24-4-6-25(7-5-24)28(26,27)12-14-8-15(19)10-16(20)9-14/h8-11H,4-7,12H2,1-3H3. The Labute approximate surface area is 163 Å². The van der Waals surface area contributed by atoms with E-state index in [0.29, 0.717) is 18.9 Å². The quantitative estimate of drug-likeness (QED) is 0.747. The predicted molar refractivity (Wildman–Crippen MR) is 104 cm³/mol. The van der Waals surface area contributed by atoms with E-state index in [0.717, 1.165) is 29.8 Å². The molecule has 7 nitrogen and oxygen atoms in total. The van der Waals surface area contributed by atoms with Crippen LogP contribution in [-0.4, -0.2) is 63.0 Å². The summed E-state index contributed by atoms with van der Waals surface area (Å²) >= 11 is 0. The minimum Gasteiger partial charge on any atom is -0.363 e. The van der Waals surface area contributed by atoms with Crippen molar-refractivity contribution in [2.24, 2.45) is 0 Å². The first-order valence-electron chi connectivity index (χ1n) is 8.85. The van der Waals surface area contributed by atoms with Gasteiger partial charge in [0.2, 0.25) is 10.0 Å². The van der Waals surface area contributed by atoms with E-state index in [-0.39, 0.29) is 18.7 Å². The SMILES string of the molecule is Cc1nc(N(C)C)cc(N2CCN(S(=O)(=O)Cc3cc(F)cc(F)c3)CC2)n1. The van der Waals surface area contributed by atoms with Crippen molar-refractivity contribution in [2.45, 2.75) is 12.7 Å². The fourth-order valence-electron chi connectivity index (χ4n) is 3.12. The average molecular weight is 411 g/mol. The lowest BCUT2D eigenvalue weighted by atomic mass is 10.2. The van der Waals surface area contributed by atoms with Gasteiger partial charge in [0, 0.05) is 52.4 Å². The molecule has 1 aliphatic rings. The second-order valence-corrected chi connectivity index (χ2v) is 8.91. The zero-order valence-corrected chi connectivity index (χ0v) is 16.9. The monoisotopic (exact) mass is 411 g/mol. The molecule has 28 heavy (non-hydrogen) atoms. The van der Waals surface area contributed by atoms with Crippen LogP contribution in [0.1, 0.15) is 11.4 Å². The summed E-state index contributed by atoms with van der Waals surface area (Å²) < 4.78 is 53.3. The molecule has 0 bridgehead atoms. The number of piperazine rings is 1. The topological polar surface area (TPSA) is 69.6 Å². The van der Waals surface area contributed by atoms with Crippen molar-refractivity contribution in [2.75, 3.05) is 50.1 Å². The van der Waals surface area contributed by atoms with Gasteiger partial charge in [0.15, 0.2) is 0 Å². The average Bonchev–Trinajstić information content (AvgIpc) is 2.60. The number of rotatable bonds is 5. The number of sulfonamides is 1. The van der Waals surface area contributed by atoms with Crippen LogP contribution in [0.25, 0.3) is 0 Å². The molecule has 10 heteroatoms. The highest BCUT2D eigenvalue weighted by Gasteiger charge is 2.28. The molecule has 0 radical (unpaired) electrons. The van der Waals surface area contributed by atoms with Gasteiger partial charge in [-0.2, -0.15) is 4.31 Å². The summed E-state index contributed by atoms with van der Waals surface area (Å²) in [6.45, 7) is 3.32. The van der Waals surface area contributed by atoms with Gasteiger partial charge in [-0.1, -0.05) is 0 Å². The van der Waals surface area contributed by atoms with Crippen LogP contribution >= 0.6 is 0 Å². The molecule has 3 rings (SSSR count). The van der Waals surface area contributed by atoms with Crippen LogP contribution in [-0.2, 0) is 15.8 Å². The maximum absolute atomic E-state index is 13.3. The molecule has 2 aromatic rings. The van der Waals surface area contributed by atoms with Crippen molar-refractivity contribution in [1.82, 2.24) is 14.3 Å². The molecular formula is C18H23F2N5O2S. The lowest BCUT2D eigenvalue weighted by molar-refractivity contribution is 0.383. The van der Waals surface area contributed by atoms with Crippen molar-refractivity contribution in [3.8, 4) is 0 Å². The molecule has 0 N–H and O–H groups in total. The highest BCUT2D eigenvalue weighted by molar-refractivity contribution is 7.88. The molecule has 1 aliphatic heterocycles. The van der Waals surface area contributed by atoms with E-state index in [1.807, 2.05) is 36.9 Å². The highest BCUT2D eigenvalue weighted by atomic mass is 32.2. The third kappa shape index (κ3) is 4.74. The number of hydrogen-bond donors (Lipinski definition) is 0. The summed E-state index contributed by atoms with van der Waals surface area (Å²) in [6, 6.07) is 4.68. The Morgan fingerprint density at radius 1 is 1.00 bits per heavy atom. The van der Waals surface area contributed by atoms with Crippen LogP contribution in [0.5, 0.6) is 0 Å². The van der Waals surface area contributed by atoms with Crippen LogP contribution in [0.2, 0.25) is 0 Å². The molecule has 0 saturated carbocycles. The number of hydrogen-bond acceptors (Lipinski definition) is 6. The molecular weight excluding hydrogens is 388 g/mol. The van der Waals surface area contributed by atoms with Crippen LogP contribution in [0, 0.1) is 18.6 Å². The van der Waals surface area contributed by atoms with E-state index in [2.05, 4.69) is 9.97 Å². The van der Waals surface area contributed by atoms with Crippen molar-refractivity contribution < 1.29 is 17.2 Å². The summed E-state index contributed by atoms with van der Waals surface area (Å²) in [4.78, 5) is 12.7. The van der Waals surface area contributed by atoms with Gasteiger partial charge >= 0.3 is 0 Å². The number of anilines is 2. The normalized spacial score (nSPS) is 15.7. The van der Waals surface area contributed by atoms with E-state index in [1.165, 1.54) is 4.31 Å². The van der Waals surface area contributed by atoms with Gasteiger partial charge in [0.1, 0.15) is 29.1 Å². The zero-order valence-electron chi connectivity index (χ0n) is 16.1. The Bertz CT molecular complexity index is 940. The van der Waals surface area contributed by atoms with Crippen LogP contribution in [0.3, 0.4) is 0 Å². The van der Waals surface area contributed by atoms with Gasteiger partial charge in [-0.05, 0) is 24.6 Å². The molecule has 0 aliphatic carbocycles. The Hall–Kier alpha value is -2.33. The first-order chi connectivity index (χ1) is 13.1. The van der Waals surface area contributed by atoms with E-state index in [4.69, 9.17) is 0 Å². The number of benzene rings is 1. The van der Waals surface area contributed by atoms with Crippen LogP contribution in [0.4, 0.5) is 20.4 Å². The summed E-state index contributed by atoms with van der Waals surface area (Å²) in [5, 5.41) is 0. The lowest BCUT2D eigenvalue weighted by Crippen LogP contribution is -2.49. The van der Waals surface area contributed by atoms with E-state index >= 15 is 0 Å². The number of halogens is 2. The van der Waals surface area contributed by atoms with Gasteiger partial charge in [0.25, 0.3) is 0 Å². The number of aryl methyl sites for hydroxylation is 1. The Balaban J connectivity index is 1.69. The molecule has 1 aromatic carbocycles. The number of aromatic nitrogens is 2. The summed E-state index contributed by atoms with van der Waals surface area (Å²) in [5.74, 6) is 0.172. The van der Waals surface area contributed by atoms with Gasteiger partial charge in [-0.15, -0.1) is 0 Å². The molecule has 0 unspecified atom stereocenters.